The van der Waals surface area contributed by atoms with E-state index in [1.54, 1.807) is 6.07 Å². The molecule has 19 heavy (non-hydrogen) atoms. The quantitative estimate of drug-likeness (QED) is 0.737. The smallest absolute Gasteiger partial charge is 0.244 e. The van der Waals surface area contributed by atoms with Crippen molar-refractivity contribution in [3.63, 3.8) is 0 Å². The minimum absolute atomic E-state index is 0.106. The molecule has 1 atom stereocenters. The maximum Gasteiger partial charge on any atom is 0.244 e. The number of sulfonamides is 1. The standard InChI is InChI=1S/C11H16N4O3S/c12-5-9-1-2-10(6-14-9)19(17,18)15-4-3-8(7-15)11(13)16/h1-2,6,8H,3-5,7,12H2,(H2,13,16). The average molecular weight is 284 g/mol. The number of nitrogens with zero attached hydrogens (tertiary/aromatic N) is 2. The van der Waals surface area contributed by atoms with E-state index in [2.05, 4.69) is 4.98 Å². The Morgan fingerprint density at radius 1 is 1.47 bits per heavy atom. The van der Waals surface area contributed by atoms with Gasteiger partial charge in [-0.25, -0.2) is 8.42 Å². The molecule has 2 heterocycles. The third-order valence-corrected chi connectivity index (χ3v) is 5.05. The van der Waals surface area contributed by atoms with Gasteiger partial charge in [0.05, 0.1) is 11.6 Å². The van der Waals surface area contributed by atoms with Crippen molar-refractivity contribution in [2.45, 2.75) is 17.9 Å². The molecule has 104 valence electrons. The van der Waals surface area contributed by atoms with Crippen LogP contribution >= 0.6 is 0 Å². The number of amides is 1. The van der Waals surface area contributed by atoms with E-state index >= 15 is 0 Å². The van der Waals surface area contributed by atoms with Crippen molar-refractivity contribution < 1.29 is 13.2 Å². The summed E-state index contributed by atoms with van der Waals surface area (Å²) in [7, 11) is -3.61. The molecule has 2 rings (SSSR count). The second-order valence-corrected chi connectivity index (χ2v) is 6.38. The second-order valence-electron chi connectivity index (χ2n) is 4.44. The highest BCUT2D eigenvalue weighted by Crippen LogP contribution is 2.23. The van der Waals surface area contributed by atoms with Crippen LogP contribution in [0.4, 0.5) is 0 Å². The molecule has 1 aliphatic heterocycles. The van der Waals surface area contributed by atoms with Crippen LogP contribution < -0.4 is 11.5 Å². The summed E-state index contributed by atoms with van der Waals surface area (Å²) in [5, 5.41) is 0. The molecule has 0 bridgehead atoms. The van der Waals surface area contributed by atoms with E-state index in [0.717, 1.165) is 0 Å². The minimum atomic E-state index is -3.61. The number of hydrogen-bond donors (Lipinski definition) is 2. The fourth-order valence-corrected chi connectivity index (χ4v) is 3.46. The predicted molar refractivity (Wildman–Crippen MR) is 68.2 cm³/mol. The molecule has 0 spiro atoms. The van der Waals surface area contributed by atoms with Gasteiger partial charge in [0, 0.05) is 25.8 Å². The summed E-state index contributed by atoms with van der Waals surface area (Å²) >= 11 is 0. The molecule has 0 aliphatic carbocycles. The molecule has 1 aromatic rings. The van der Waals surface area contributed by atoms with E-state index in [9.17, 15) is 13.2 Å². The Hall–Kier alpha value is -1.51. The van der Waals surface area contributed by atoms with Gasteiger partial charge >= 0.3 is 0 Å². The molecule has 0 aromatic carbocycles. The predicted octanol–water partition coefficient (Wildman–Crippen LogP) is -0.964. The zero-order chi connectivity index (χ0) is 14.0. The lowest BCUT2D eigenvalue weighted by molar-refractivity contribution is -0.121. The molecule has 7 nitrogen and oxygen atoms in total. The van der Waals surface area contributed by atoms with Crippen LogP contribution in [-0.2, 0) is 21.4 Å². The van der Waals surface area contributed by atoms with Gasteiger partial charge in [0.1, 0.15) is 4.90 Å². The molecular weight excluding hydrogens is 268 g/mol. The number of pyridine rings is 1. The maximum absolute atomic E-state index is 12.3. The zero-order valence-electron chi connectivity index (χ0n) is 10.3. The molecule has 1 amide bonds. The SMILES string of the molecule is NCc1ccc(S(=O)(=O)N2CCC(C(N)=O)C2)cn1. The van der Waals surface area contributed by atoms with Crippen molar-refractivity contribution >= 4 is 15.9 Å². The van der Waals surface area contributed by atoms with E-state index < -0.39 is 21.8 Å². The number of aromatic nitrogens is 1. The number of hydrogen-bond acceptors (Lipinski definition) is 5. The first-order chi connectivity index (χ1) is 8.95. The van der Waals surface area contributed by atoms with E-state index in [4.69, 9.17) is 11.5 Å². The third kappa shape index (κ3) is 2.75. The average Bonchev–Trinajstić information content (AvgIpc) is 2.89. The van der Waals surface area contributed by atoms with Crippen molar-refractivity contribution in [3.05, 3.63) is 24.0 Å². The van der Waals surface area contributed by atoms with Crippen LogP contribution in [0.15, 0.2) is 23.2 Å². The highest BCUT2D eigenvalue weighted by atomic mass is 32.2. The molecule has 0 saturated carbocycles. The Morgan fingerprint density at radius 2 is 2.21 bits per heavy atom. The van der Waals surface area contributed by atoms with Crippen LogP contribution in [0.3, 0.4) is 0 Å². The minimum Gasteiger partial charge on any atom is -0.369 e. The zero-order valence-corrected chi connectivity index (χ0v) is 11.1. The lowest BCUT2D eigenvalue weighted by atomic mass is 10.1. The van der Waals surface area contributed by atoms with E-state index in [1.165, 1.54) is 16.6 Å². The van der Waals surface area contributed by atoms with Gasteiger partial charge in [-0.15, -0.1) is 0 Å². The molecule has 1 saturated heterocycles. The lowest BCUT2D eigenvalue weighted by Crippen LogP contribution is -2.31. The first-order valence-electron chi connectivity index (χ1n) is 5.89. The summed E-state index contributed by atoms with van der Waals surface area (Å²) in [5.41, 5.74) is 11.2. The van der Waals surface area contributed by atoms with E-state index in [-0.39, 0.29) is 18.0 Å². The van der Waals surface area contributed by atoms with Gasteiger partial charge in [-0.1, -0.05) is 0 Å². The number of rotatable bonds is 4. The van der Waals surface area contributed by atoms with Crippen LogP contribution in [0, 0.1) is 5.92 Å². The van der Waals surface area contributed by atoms with Crippen molar-refractivity contribution in [1.82, 2.24) is 9.29 Å². The molecule has 1 aromatic heterocycles. The molecule has 1 fully saturated rings. The molecule has 0 radical (unpaired) electrons. The van der Waals surface area contributed by atoms with Crippen LogP contribution in [0.2, 0.25) is 0 Å². The number of nitrogens with two attached hydrogens (primary N) is 2. The molecule has 1 unspecified atom stereocenters. The molecule has 8 heteroatoms. The van der Waals surface area contributed by atoms with Crippen LogP contribution in [0.1, 0.15) is 12.1 Å². The van der Waals surface area contributed by atoms with Crippen molar-refractivity contribution in [3.8, 4) is 0 Å². The number of primary amides is 1. The van der Waals surface area contributed by atoms with Crippen LogP contribution in [0.5, 0.6) is 0 Å². The van der Waals surface area contributed by atoms with Gasteiger partial charge < -0.3 is 11.5 Å². The second kappa shape index (κ2) is 5.24. The first-order valence-corrected chi connectivity index (χ1v) is 7.33. The first kappa shape index (κ1) is 13.9. The highest BCUT2D eigenvalue weighted by Gasteiger charge is 2.34. The number of carbonyl (C=O) groups excluding carboxylic acids is 1. The van der Waals surface area contributed by atoms with E-state index in [0.29, 0.717) is 18.7 Å². The Morgan fingerprint density at radius 3 is 2.68 bits per heavy atom. The van der Waals surface area contributed by atoms with Crippen LogP contribution in [-0.4, -0.2) is 36.7 Å². The summed E-state index contributed by atoms with van der Waals surface area (Å²) in [6.45, 7) is 0.693. The van der Waals surface area contributed by atoms with Gasteiger partial charge in [0.15, 0.2) is 0 Å². The maximum atomic E-state index is 12.3. The van der Waals surface area contributed by atoms with E-state index in [1.807, 2.05) is 0 Å². The summed E-state index contributed by atoms with van der Waals surface area (Å²) < 4.78 is 25.9. The Bertz CT molecular complexity index is 570. The highest BCUT2D eigenvalue weighted by molar-refractivity contribution is 7.89. The van der Waals surface area contributed by atoms with Gasteiger partial charge in [0.2, 0.25) is 15.9 Å². The van der Waals surface area contributed by atoms with Gasteiger partial charge in [-0.2, -0.15) is 4.31 Å². The summed E-state index contributed by atoms with van der Waals surface area (Å²) in [6.07, 6.45) is 1.75. The third-order valence-electron chi connectivity index (χ3n) is 3.20. The fourth-order valence-electron chi connectivity index (χ4n) is 2.01. The Balaban J connectivity index is 2.20. The Kier molecular flexibility index (Phi) is 3.83. The lowest BCUT2D eigenvalue weighted by Gasteiger charge is -2.15. The van der Waals surface area contributed by atoms with Crippen LogP contribution in [0.25, 0.3) is 0 Å². The topological polar surface area (TPSA) is 119 Å². The summed E-state index contributed by atoms with van der Waals surface area (Å²) in [6, 6.07) is 3.05. The van der Waals surface area contributed by atoms with Crippen molar-refractivity contribution in [1.29, 1.82) is 0 Å². The van der Waals surface area contributed by atoms with Crippen molar-refractivity contribution in [2.24, 2.45) is 17.4 Å². The van der Waals surface area contributed by atoms with Gasteiger partial charge in [0.25, 0.3) is 0 Å². The summed E-state index contributed by atoms with van der Waals surface area (Å²) in [4.78, 5) is 15.1. The summed E-state index contributed by atoms with van der Waals surface area (Å²) in [5.74, 6) is -0.875. The van der Waals surface area contributed by atoms with Gasteiger partial charge in [-0.3, -0.25) is 9.78 Å². The fraction of sp³-hybridized carbons (Fsp3) is 0.455. The largest absolute Gasteiger partial charge is 0.369 e. The van der Waals surface area contributed by atoms with Crippen molar-refractivity contribution in [2.75, 3.05) is 13.1 Å². The molecule has 4 N–H and O–H groups in total. The number of carbonyl (C=O) groups is 1. The molecular formula is C11H16N4O3S. The normalized spacial score (nSPS) is 20.6. The van der Waals surface area contributed by atoms with Gasteiger partial charge in [-0.05, 0) is 18.6 Å². The Labute approximate surface area is 111 Å². The monoisotopic (exact) mass is 284 g/mol. The molecule has 1 aliphatic rings.